The lowest BCUT2D eigenvalue weighted by atomic mass is 10.1. The van der Waals surface area contributed by atoms with E-state index in [-0.39, 0.29) is 5.91 Å². The zero-order valence-electron chi connectivity index (χ0n) is 17.4. The molecule has 0 bridgehead atoms. The number of rotatable bonds is 7. The van der Waals surface area contributed by atoms with Crippen LogP contribution in [0.3, 0.4) is 0 Å². The van der Waals surface area contributed by atoms with Gasteiger partial charge in [-0.1, -0.05) is 12.1 Å². The zero-order chi connectivity index (χ0) is 22.7. The number of halogens is 1. The number of amides is 2. The number of hydrogen-bond acceptors (Lipinski definition) is 5. The van der Waals surface area contributed by atoms with Crippen molar-refractivity contribution in [1.82, 2.24) is 14.5 Å². The molecular formula is C23H20ClN5O3. The molecule has 0 saturated carbocycles. The van der Waals surface area contributed by atoms with Gasteiger partial charge in [-0.05, 0) is 35.9 Å². The fraction of sp³-hybridized carbons (Fsp3) is 0.130. The highest BCUT2D eigenvalue weighted by Crippen LogP contribution is 2.28. The highest BCUT2D eigenvalue weighted by Gasteiger charge is 2.13. The Morgan fingerprint density at radius 3 is 2.62 bits per heavy atom. The third-order valence-corrected chi connectivity index (χ3v) is 5.23. The van der Waals surface area contributed by atoms with Crippen LogP contribution in [0.5, 0.6) is 11.5 Å². The smallest absolute Gasteiger partial charge is 0.257 e. The SMILES string of the molecule is CN(C=O)c1cc(Oc2ccc3c(c2)nc(NC(=O)c2ccc(CCl)cc2)n3C)ccn1. The maximum atomic E-state index is 12.6. The standard InChI is InChI=1S/C23H20ClN5O3/c1-28(14-30)21-12-18(9-10-25-21)32-17-7-8-20-19(11-17)26-23(29(20)2)27-22(31)16-5-3-15(13-24)4-6-16/h3-12,14H,13H2,1-2H3,(H,26,27,31). The Kier molecular flexibility index (Phi) is 6.04. The minimum atomic E-state index is -0.260. The first-order valence-electron chi connectivity index (χ1n) is 9.73. The van der Waals surface area contributed by atoms with E-state index in [2.05, 4.69) is 15.3 Å². The van der Waals surface area contributed by atoms with Crippen LogP contribution in [-0.4, -0.2) is 33.9 Å². The second-order valence-corrected chi connectivity index (χ2v) is 7.37. The van der Waals surface area contributed by atoms with Crippen molar-refractivity contribution in [2.24, 2.45) is 7.05 Å². The molecule has 32 heavy (non-hydrogen) atoms. The highest BCUT2D eigenvalue weighted by atomic mass is 35.5. The number of hydrogen-bond donors (Lipinski definition) is 1. The van der Waals surface area contributed by atoms with Crippen LogP contribution in [0.25, 0.3) is 11.0 Å². The van der Waals surface area contributed by atoms with Crippen LogP contribution in [0.2, 0.25) is 0 Å². The number of anilines is 2. The van der Waals surface area contributed by atoms with Gasteiger partial charge in [0.1, 0.15) is 17.3 Å². The number of aromatic nitrogens is 3. The van der Waals surface area contributed by atoms with Crippen LogP contribution >= 0.6 is 11.6 Å². The molecule has 0 aliphatic rings. The van der Waals surface area contributed by atoms with Crippen LogP contribution in [0, 0.1) is 0 Å². The van der Waals surface area contributed by atoms with Gasteiger partial charge in [0.2, 0.25) is 12.4 Å². The van der Waals surface area contributed by atoms with Crippen LogP contribution < -0.4 is 15.0 Å². The number of carbonyl (C=O) groups excluding carboxylic acids is 2. The van der Waals surface area contributed by atoms with Crippen LogP contribution in [-0.2, 0) is 17.7 Å². The third-order valence-electron chi connectivity index (χ3n) is 4.92. The lowest BCUT2D eigenvalue weighted by molar-refractivity contribution is -0.107. The molecule has 0 radical (unpaired) electrons. The van der Waals surface area contributed by atoms with Crippen molar-refractivity contribution in [3.05, 3.63) is 71.9 Å². The average Bonchev–Trinajstić information content (AvgIpc) is 3.13. The fourth-order valence-electron chi connectivity index (χ4n) is 3.12. The Balaban J connectivity index is 1.55. The number of imidazole rings is 1. The Labute approximate surface area is 189 Å². The van der Waals surface area contributed by atoms with Crippen molar-refractivity contribution in [3.63, 3.8) is 0 Å². The number of nitrogens with zero attached hydrogens (tertiary/aromatic N) is 4. The van der Waals surface area contributed by atoms with E-state index in [9.17, 15) is 9.59 Å². The van der Waals surface area contributed by atoms with Crippen molar-refractivity contribution >= 4 is 46.7 Å². The summed E-state index contributed by atoms with van der Waals surface area (Å²) in [6.45, 7) is 0. The number of nitrogens with one attached hydrogen (secondary N) is 1. The van der Waals surface area contributed by atoms with Gasteiger partial charge in [0.15, 0.2) is 0 Å². The van der Waals surface area contributed by atoms with E-state index in [1.807, 2.05) is 31.3 Å². The van der Waals surface area contributed by atoms with E-state index >= 15 is 0 Å². The summed E-state index contributed by atoms with van der Waals surface area (Å²) in [6, 6.07) is 15.9. The molecular weight excluding hydrogens is 430 g/mol. The Bertz CT molecular complexity index is 1290. The largest absolute Gasteiger partial charge is 0.457 e. The quantitative estimate of drug-likeness (QED) is 0.335. The van der Waals surface area contributed by atoms with E-state index in [1.165, 1.54) is 4.90 Å². The predicted octanol–water partition coefficient (Wildman–Crippen LogP) is 4.34. The second kappa shape index (κ2) is 9.07. The van der Waals surface area contributed by atoms with E-state index < -0.39 is 0 Å². The first kappa shape index (κ1) is 21.3. The predicted molar refractivity (Wildman–Crippen MR) is 123 cm³/mol. The molecule has 2 aromatic heterocycles. The molecule has 0 spiro atoms. The normalized spacial score (nSPS) is 10.7. The highest BCUT2D eigenvalue weighted by molar-refractivity contribution is 6.17. The van der Waals surface area contributed by atoms with Gasteiger partial charge < -0.3 is 14.2 Å². The first-order chi connectivity index (χ1) is 15.5. The van der Waals surface area contributed by atoms with Crippen molar-refractivity contribution < 1.29 is 14.3 Å². The van der Waals surface area contributed by atoms with Crippen molar-refractivity contribution in [2.45, 2.75) is 5.88 Å². The molecule has 0 unspecified atom stereocenters. The van der Waals surface area contributed by atoms with Crippen molar-refractivity contribution in [1.29, 1.82) is 0 Å². The van der Waals surface area contributed by atoms with Gasteiger partial charge in [0.25, 0.3) is 5.91 Å². The van der Waals surface area contributed by atoms with Gasteiger partial charge in [-0.2, -0.15) is 0 Å². The maximum absolute atomic E-state index is 12.6. The molecule has 2 heterocycles. The molecule has 4 aromatic rings. The minimum Gasteiger partial charge on any atom is -0.457 e. The summed E-state index contributed by atoms with van der Waals surface area (Å²) in [4.78, 5) is 33.6. The molecule has 8 nitrogen and oxygen atoms in total. The molecule has 2 amide bonds. The number of alkyl halides is 1. The number of benzene rings is 2. The topological polar surface area (TPSA) is 89.4 Å². The number of fused-ring (bicyclic) bond motifs is 1. The fourth-order valence-corrected chi connectivity index (χ4v) is 3.30. The molecule has 1 N–H and O–H groups in total. The van der Waals surface area contributed by atoms with Gasteiger partial charge in [-0.3, -0.25) is 14.9 Å². The molecule has 4 rings (SSSR count). The Morgan fingerprint density at radius 2 is 1.91 bits per heavy atom. The first-order valence-corrected chi connectivity index (χ1v) is 10.3. The van der Waals surface area contributed by atoms with Crippen LogP contribution in [0.15, 0.2) is 60.8 Å². The summed E-state index contributed by atoms with van der Waals surface area (Å²) in [6.07, 6.45) is 2.24. The van der Waals surface area contributed by atoms with E-state index in [1.54, 1.807) is 48.1 Å². The summed E-state index contributed by atoms with van der Waals surface area (Å²) in [5, 5.41) is 2.84. The molecule has 0 saturated heterocycles. The molecule has 0 fully saturated rings. The Morgan fingerprint density at radius 1 is 1.16 bits per heavy atom. The lowest BCUT2D eigenvalue weighted by Gasteiger charge is -2.11. The van der Waals surface area contributed by atoms with Gasteiger partial charge in [-0.15, -0.1) is 11.6 Å². The number of aryl methyl sites for hydroxylation is 1. The summed E-state index contributed by atoms with van der Waals surface area (Å²) in [5.41, 5.74) is 2.96. The summed E-state index contributed by atoms with van der Waals surface area (Å²) in [7, 11) is 3.44. The Hall–Kier alpha value is -3.91. The molecule has 0 aliphatic heterocycles. The van der Waals surface area contributed by atoms with Crippen molar-refractivity contribution in [2.75, 3.05) is 17.3 Å². The minimum absolute atomic E-state index is 0.260. The van der Waals surface area contributed by atoms with Crippen LogP contribution in [0.1, 0.15) is 15.9 Å². The van der Waals surface area contributed by atoms with Crippen LogP contribution in [0.4, 0.5) is 11.8 Å². The molecule has 2 aromatic carbocycles. The lowest BCUT2D eigenvalue weighted by Crippen LogP contribution is -2.15. The van der Waals surface area contributed by atoms with E-state index in [4.69, 9.17) is 16.3 Å². The number of pyridine rings is 1. The molecule has 9 heteroatoms. The summed E-state index contributed by atoms with van der Waals surface area (Å²) >= 11 is 5.80. The molecule has 0 atom stereocenters. The zero-order valence-corrected chi connectivity index (χ0v) is 18.2. The number of carbonyl (C=O) groups is 2. The molecule has 162 valence electrons. The van der Waals surface area contributed by atoms with Gasteiger partial charge in [0, 0.05) is 43.9 Å². The summed E-state index contributed by atoms with van der Waals surface area (Å²) in [5.74, 6) is 2.13. The molecule has 0 aliphatic carbocycles. The average molecular weight is 450 g/mol. The van der Waals surface area contributed by atoms with Gasteiger partial charge in [-0.25, -0.2) is 9.97 Å². The van der Waals surface area contributed by atoms with Gasteiger partial charge in [0.05, 0.1) is 11.0 Å². The van der Waals surface area contributed by atoms with E-state index in [0.29, 0.717) is 46.6 Å². The second-order valence-electron chi connectivity index (χ2n) is 7.10. The van der Waals surface area contributed by atoms with E-state index in [0.717, 1.165) is 11.1 Å². The third kappa shape index (κ3) is 4.40. The van der Waals surface area contributed by atoms with Gasteiger partial charge >= 0.3 is 0 Å². The summed E-state index contributed by atoms with van der Waals surface area (Å²) < 4.78 is 7.71. The monoisotopic (exact) mass is 449 g/mol. The maximum Gasteiger partial charge on any atom is 0.257 e. The van der Waals surface area contributed by atoms with Crippen molar-refractivity contribution in [3.8, 4) is 11.5 Å². The number of ether oxygens (including phenoxy) is 1.